The number of hydrogen-bond donors (Lipinski definition) is 1. The third kappa shape index (κ3) is 4.58. The standard InChI is InChI=1S/C23H24N4O2/c24-17-19-4-1-2-5-22(19)27-13-11-26(12-14-27)10-3-15-29-20-7-8-21-18(16-20)6-9-23(28)25-21/h1-2,4-9,16H,3,10-15H2,(H,25,28). The van der Waals surface area contributed by atoms with Crippen LogP contribution in [0.3, 0.4) is 0 Å². The van der Waals surface area contributed by atoms with E-state index in [1.807, 2.05) is 48.5 Å². The topological polar surface area (TPSA) is 72.4 Å². The lowest BCUT2D eigenvalue weighted by atomic mass is 10.1. The number of benzene rings is 2. The number of nitriles is 1. The number of hydrogen-bond acceptors (Lipinski definition) is 5. The van der Waals surface area contributed by atoms with E-state index in [1.54, 1.807) is 0 Å². The molecule has 1 fully saturated rings. The van der Waals surface area contributed by atoms with E-state index >= 15 is 0 Å². The lowest BCUT2D eigenvalue weighted by Crippen LogP contribution is -2.47. The van der Waals surface area contributed by atoms with Crippen molar-refractivity contribution in [1.29, 1.82) is 5.26 Å². The van der Waals surface area contributed by atoms with E-state index < -0.39 is 0 Å². The molecule has 3 aromatic rings. The van der Waals surface area contributed by atoms with Gasteiger partial charge in [0.25, 0.3) is 0 Å². The Hall–Kier alpha value is -3.30. The van der Waals surface area contributed by atoms with Gasteiger partial charge in [0.05, 0.1) is 17.9 Å². The van der Waals surface area contributed by atoms with Gasteiger partial charge < -0.3 is 14.6 Å². The maximum absolute atomic E-state index is 11.4. The molecule has 148 valence electrons. The fourth-order valence-electron chi connectivity index (χ4n) is 3.76. The summed E-state index contributed by atoms with van der Waals surface area (Å²) in [5, 5.41) is 10.3. The molecule has 1 aliphatic heterocycles. The number of ether oxygens (including phenoxy) is 1. The molecule has 0 amide bonds. The molecule has 2 aromatic carbocycles. The Morgan fingerprint density at radius 1 is 1.03 bits per heavy atom. The van der Waals surface area contributed by atoms with Gasteiger partial charge in [0, 0.05) is 49.7 Å². The minimum atomic E-state index is -0.0950. The first-order chi connectivity index (χ1) is 14.2. The van der Waals surface area contributed by atoms with Crippen LogP contribution >= 0.6 is 0 Å². The Morgan fingerprint density at radius 3 is 2.69 bits per heavy atom. The van der Waals surface area contributed by atoms with Gasteiger partial charge in [0.2, 0.25) is 5.56 Å². The number of aromatic amines is 1. The van der Waals surface area contributed by atoms with E-state index in [-0.39, 0.29) is 5.56 Å². The maximum atomic E-state index is 11.4. The number of nitrogens with zero attached hydrogens (tertiary/aromatic N) is 3. The zero-order valence-corrected chi connectivity index (χ0v) is 16.3. The highest BCUT2D eigenvalue weighted by Crippen LogP contribution is 2.21. The average molecular weight is 388 g/mol. The Morgan fingerprint density at radius 2 is 1.86 bits per heavy atom. The molecule has 0 spiro atoms. The molecule has 6 nitrogen and oxygen atoms in total. The SMILES string of the molecule is N#Cc1ccccc1N1CCN(CCCOc2ccc3[nH]c(=O)ccc3c2)CC1. The van der Waals surface area contributed by atoms with Gasteiger partial charge in [-0.25, -0.2) is 0 Å². The summed E-state index contributed by atoms with van der Waals surface area (Å²) in [5.41, 5.74) is 2.51. The molecule has 1 N–H and O–H groups in total. The Bertz CT molecular complexity index is 1080. The second-order valence-corrected chi connectivity index (χ2v) is 7.23. The smallest absolute Gasteiger partial charge is 0.248 e. The number of H-pyrrole nitrogens is 1. The lowest BCUT2D eigenvalue weighted by Gasteiger charge is -2.36. The zero-order valence-electron chi connectivity index (χ0n) is 16.3. The Kier molecular flexibility index (Phi) is 5.78. The largest absolute Gasteiger partial charge is 0.494 e. The summed E-state index contributed by atoms with van der Waals surface area (Å²) in [6.07, 6.45) is 0.957. The van der Waals surface area contributed by atoms with E-state index in [0.29, 0.717) is 6.61 Å². The molecule has 6 heteroatoms. The van der Waals surface area contributed by atoms with Crippen molar-refractivity contribution in [3.8, 4) is 11.8 Å². The molecule has 2 heterocycles. The molecule has 0 unspecified atom stereocenters. The average Bonchev–Trinajstić information content (AvgIpc) is 2.77. The van der Waals surface area contributed by atoms with Crippen LogP contribution in [0.25, 0.3) is 10.9 Å². The number of pyridine rings is 1. The van der Waals surface area contributed by atoms with Crippen LogP contribution in [0, 0.1) is 11.3 Å². The van der Waals surface area contributed by atoms with Crippen LogP contribution in [0.1, 0.15) is 12.0 Å². The van der Waals surface area contributed by atoms with Crippen LogP contribution in [-0.2, 0) is 0 Å². The van der Waals surface area contributed by atoms with Gasteiger partial charge in [-0.1, -0.05) is 12.1 Å². The number of fused-ring (bicyclic) bond motifs is 1. The van der Waals surface area contributed by atoms with Crippen LogP contribution in [-0.4, -0.2) is 49.2 Å². The van der Waals surface area contributed by atoms with Gasteiger partial charge in [0.15, 0.2) is 0 Å². The third-order valence-corrected chi connectivity index (χ3v) is 5.32. The van der Waals surface area contributed by atoms with E-state index in [0.717, 1.165) is 67.0 Å². The summed E-state index contributed by atoms with van der Waals surface area (Å²) in [7, 11) is 0. The van der Waals surface area contributed by atoms with Crippen molar-refractivity contribution in [2.24, 2.45) is 0 Å². The zero-order chi connectivity index (χ0) is 20.1. The van der Waals surface area contributed by atoms with Crippen molar-refractivity contribution in [1.82, 2.24) is 9.88 Å². The second kappa shape index (κ2) is 8.80. The fourth-order valence-corrected chi connectivity index (χ4v) is 3.76. The van der Waals surface area contributed by atoms with Gasteiger partial charge in [-0.2, -0.15) is 5.26 Å². The first kappa shape index (κ1) is 19.0. The van der Waals surface area contributed by atoms with E-state index in [2.05, 4.69) is 20.9 Å². The number of nitrogens with one attached hydrogen (secondary N) is 1. The maximum Gasteiger partial charge on any atom is 0.248 e. The number of rotatable bonds is 6. The van der Waals surface area contributed by atoms with E-state index in [4.69, 9.17) is 4.74 Å². The minimum Gasteiger partial charge on any atom is -0.494 e. The second-order valence-electron chi connectivity index (χ2n) is 7.23. The summed E-state index contributed by atoms with van der Waals surface area (Å²) >= 11 is 0. The predicted octanol–water partition coefficient (Wildman–Crippen LogP) is 2.99. The summed E-state index contributed by atoms with van der Waals surface area (Å²) in [6, 6.07) is 19.2. The molecule has 4 rings (SSSR count). The summed E-state index contributed by atoms with van der Waals surface area (Å²) in [6.45, 7) is 5.50. The van der Waals surface area contributed by atoms with Crippen LogP contribution in [0.15, 0.2) is 59.4 Å². The molecule has 1 aromatic heterocycles. The highest BCUT2D eigenvalue weighted by atomic mass is 16.5. The molecule has 0 aliphatic carbocycles. The monoisotopic (exact) mass is 388 g/mol. The Labute approximate surface area is 169 Å². The van der Waals surface area contributed by atoms with Gasteiger partial charge >= 0.3 is 0 Å². The van der Waals surface area contributed by atoms with Crippen molar-refractivity contribution < 1.29 is 4.74 Å². The van der Waals surface area contributed by atoms with Gasteiger partial charge in [-0.15, -0.1) is 0 Å². The molecule has 0 atom stereocenters. The van der Waals surface area contributed by atoms with Gasteiger partial charge in [0.1, 0.15) is 11.8 Å². The lowest BCUT2D eigenvalue weighted by molar-refractivity contribution is 0.225. The van der Waals surface area contributed by atoms with Gasteiger partial charge in [-0.3, -0.25) is 9.69 Å². The number of para-hydroxylation sites is 1. The van der Waals surface area contributed by atoms with E-state index in [1.165, 1.54) is 6.07 Å². The molecule has 1 saturated heterocycles. The van der Waals surface area contributed by atoms with E-state index in [9.17, 15) is 10.1 Å². The van der Waals surface area contributed by atoms with Crippen molar-refractivity contribution in [3.05, 3.63) is 70.5 Å². The van der Waals surface area contributed by atoms with Crippen molar-refractivity contribution in [2.75, 3.05) is 44.2 Å². The first-order valence-corrected chi connectivity index (χ1v) is 9.95. The highest BCUT2D eigenvalue weighted by Gasteiger charge is 2.18. The Balaban J connectivity index is 1.23. The van der Waals surface area contributed by atoms with Crippen LogP contribution in [0.2, 0.25) is 0 Å². The summed E-state index contributed by atoms with van der Waals surface area (Å²) in [4.78, 5) is 18.9. The van der Waals surface area contributed by atoms with Crippen LogP contribution in [0.4, 0.5) is 5.69 Å². The van der Waals surface area contributed by atoms with Crippen molar-refractivity contribution >= 4 is 16.6 Å². The minimum absolute atomic E-state index is 0.0950. The first-order valence-electron chi connectivity index (χ1n) is 9.95. The summed E-state index contributed by atoms with van der Waals surface area (Å²) < 4.78 is 5.89. The van der Waals surface area contributed by atoms with Crippen LogP contribution in [0.5, 0.6) is 5.75 Å². The predicted molar refractivity (Wildman–Crippen MR) is 114 cm³/mol. The van der Waals surface area contributed by atoms with Gasteiger partial charge in [-0.05, 0) is 42.8 Å². The molecular weight excluding hydrogens is 364 g/mol. The fraction of sp³-hybridized carbons (Fsp3) is 0.304. The molecule has 0 bridgehead atoms. The normalized spacial score (nSPS) is 14.7. The van der Waals surface area contributed by atoms with Crippen LogP contribution < -0.4 is 15.2 Å². The third-order valence-electron chi connectivity index (χ3n) is 5.32. The quantitative estimate of drug-likeness (QED) is 0.657. The number of aromatic nitrogens is 1. The number of anilines is 1. The molecule has 0 radical (unpaired) electrons. The molecule has 1 aliphatic rings. The van der Waals surface area contributed by atoms with Crippen molar-refractivity contribution in [3.63, 3.8) is 0 Å². The highest BCUT2D eigenvalue weighted by molar-refractivity contribution is 5.79. The molecular formula is C23H24N4O2. The molecule has 0 saturated carbocycles. The number of piperazine rings is 1. The summed E-state index contributed by atoms with van der Waals surface area (Å²) in [5.74, 6) is 0.822. The molecule has 29 heavy (non-hydrogen) atoms. The van der Waals surface area contributed by atoms with Crippen molar-refractivity contribution in [2.45, 2.75) is 6.42 Å².